The van der Waals surface area contributed by atoms with E-state index in [4.69, 9.17) is 14.2 Å². The number of ether oxygens (including phenoxy) is 3. The van der Waals surface area contributed by atoms with Gasteiger partial charge in [-0.3, -0.25) is 19.3 Å². The van der Waals surface area contributed by atoms with E-state index < -0.39 is 29.6 Å². The van der Waals surface area contributed by atoms with Crippen molar-refractivity contribution in [1.29, 1.82) is 0 Å². The highest BCUT2D eigenvalue weighted by molar-refractivity contribution is 6.02. The molecule has 3 amide bonds. The van der Waals surface area contributed by atoms with Gasteiger partial charge in [0.05, 0.1) is 38.3 Å². The number of morpholine rings is 1. The molecule has 8 atom stereocenters. The van der Waals surface area contributed by atoms with Crippen molar-refractivity contribution in [1.82, 2.24) is 15.1 Å². The molecule has 0 aromatic heterocycles. The molecular formula is C32H44N4O6. The fourth-order valence-corrected chi connectivity index (χ4v) is 7.74. The van der Waals surface area contributed by atoms with Crippen LogP contribution in [0.15, 0.2) is 36.4 Å². The molecule has 5 aliphatic rings. The van der Waals surface area contributed by atoms with Crippen LogP contribution in [0.3, 0.4) is 0 Å². The number of hydrogen-bond donors (Lipinski definition) is 2. The van der Waals surface area contributed by atoms with E-state index in [9.17, 15) is 14.4 Å². The molecule has 2 bridgehead atoms. The summed E-state index contributed by atoms with van der Waals surface area (Å²) in [5.74, 6) is -0.554. The maximum Gasteiger partial charge on any atom is 0.246 e. The molecule has 4 aliphatic heterocycles. The van der Waals surface area contributed by atoms with E-state index in [1.807, 2.05) is 12.2 Å². The minimum atomic E-state index is -1.16. The third-order valence-corrected chi connectivity index (χ3v) is 10.3. The number of fused-ring (bicyclic) bond motifs is 1. The van der Waals surface area contributed by atoms with Gasteiger partial charge in [-0.25, -0.2) is 0 Å². The van der Waals surface area contributed by atoms with Crippen LogP contribution in [0.1, 0.15) is 39.5 Å². The smallest absolute Gasteiger partial charge is 0.246 e. The normalized spacial score (nSPS) is 35.7. The second kappa shape index (κ2) is 12.0. The molecule has 1 saturated carbocycles. The average molecular weight is 581 g/mol. The Morgan fingerprint density at radius 3 is 2.57 bits per heavy atom. The number of nitrogens with zero attached hydrogens (tertiary/aromatic N) is 2. The van der Waals surface area contributed by atoms with E-state index in [2.05, 4.69) is 29.4 Å². The van der Waals surface area contributed by atoms with Crippen molar-refractivity contribution in [2.45, 2.75) is 63.3 Å². The van der Waals surface area contributed by atoms with Crippen LogP contribution in [0, 0.1) is 23.7 Å². The summed E-state index contributed by atoms with van der Waals surface area (Å²) < 4.78 is 17.2. The fraction of sp³-hybridized carbons (Fsp3) is 0.656. The van der Waals surface area contributed by atoms with Gasteiger partial charge in [-0.2, -0.15) is 0 Å². The van der Waals surface area contributed by atoms with Gasteiger partial charge in [-0.1, -0.05) is 38.8 Å². The first kappa shape index (κ1) is 29.1. The first-order chi connectivity index (χ1) is 20.3. The van der Waals surface area contributed by atoms with Crippen molar-refractivity contribution in [2.24, 2.45) is 23.7 Å². The monoisotopic (exact) mass is 580 g/mol. The maximum absolute atomic E-state index is 14.2. The van der Waals surface area contributed by atoms with E-state index in [-0.39, 0.29) is 23.8 Å². The number of benzene rings is 1. The molecule has 1 aromatic rings. The van der Waals surface area contributed by atoms with Crippen LogP contribution < -0.4 is 15.4 Å². The maximum atomic E-state index is 14.2. The Morgan fingerprint density at radius 2 is 1.83 bits per heavy atom. The van der Waals surface area contributed by atoms with Crippen molar-refractivity contribution in [3.8, 4) is 5.75 Å². The van der Waals surface area contributed by atoms with Crippen LogP contribution in [-0.2, 0) is 23.9 Å². The molecule has 1 aromatic carbocycles. The number of carbonyl (C=O) groups excluding carboxylic acids is 3. The van der Waals surface area contributed by atoms with E-state index in [0.717, 1.165) is 45.3 Å². The Morgan fingerprint density at radius 1 is 1.07 bits per heavy atom. The minimum absolute atomic E-state index is 0.0544. The van der Waals surface area contributed by atoms with Crippen molar-refractivity contribution in [2.75, 3.05) is 51.8 Å². The Hall–Kier alpha value is -2.95. The van der Waals surface area contributed by atoms with Gasteiger partial charge < -0.3 is 29.7 Å². The summed E-state index contributed by atoms with van der Waals surface area (Å²) in [6.07, 6.45) is 7.08. The number of amides is 3. The van der Waals surface area contributed by atoms with Crippen molar-refractivity contribution >= 4 is 23.4 Å². The lowest BCUT2D eigenvalue weighted by Crippen LogP contribution is -2.58. The SMILES string of the molecule is COc1ccc(NC(=O)C2C3C=CC4(O3)C2C(=O)N(CCCN2CCOCC2)C4C(=O)NC2CCCC(C)C2C)cc1. The van der Waals surface area contributed by atoms with Crippen LogP contribution in [0.5, 0.6) is 5.75 Å². The lowest BCUT2D eigenvalue weighted by molar-refractivity contribution is -0.141. The van der Waals surface area contributed by atoms with Crippen molar-refractivity contribution in [3.05, 3.63) is 36.4 Å². The molecule has 3 saturated heterocycles. The first-order valence-electron chi connectivity index (χ1n) is 15.6. The summed E-state index contributed by atoms with van der Waals surface area (Å²) in [5.41, 5.74) is -0.542. The summed E-state index contributed by atoms with van der Waals surface area (Å²) in [6.45, 7) is 8.84. The highest BCUT2D eigenvalue weighted by atomic mass is 16.5. The van der Waals surface area contributed by atoms with Gasteiger partial charge in [0.2, 0.25) is 17.7 Å². The molecule has 2 N–H and O–H groups in total. The highest BCUT2D eigenvalue weighted by Gasteiger charge is 2.72. The zero-order chi connectivity index (χ0) is 29.4. The zero-order valence-corrected chi connectivity index (χ0v) is 24.9. The van der Waals surface area contributed by atoms with Gasteiger partial charge in [-0.15, -0.1) is 0 Å². The molecule has 4 heterocycles. The molecule has 0 radical (unpaired) electrons. The second-order valence-electron chi connectivity index (χ2n) is 12.6. The number of hydrogen-bond acceptors (Lipinski definition) is 7. The predicted octanol–water partition coefficient (Wildman–Crippen LogP) is 2.45. The van der Waals surface area contributed by atoms with Gasteiger partial charge in [0, 0.05) is 37.9 Å². The van der Waals surface area contributed by atoms with Gasteiger partial charge in [0.15, 0.2) is 0 Å². The van der Waals surface area contributed by atoms with Crippen molar-refractivity contribution in [3.63, 3.8) is 0 Å². The Labute approximate surface area is 248 Å². The topological polar surface area (TPSA) is 109 Å². The van der Waals surface area contributed by atoms with Crippen molar-refractivity contribution < 1.29 is 28.6 Å². The highest BCUT2D eigenvalue weighted by Crippen LogP contribution is 2.55. The van der Waals surface area contributed by atoms with Gasteiger partial charge >= 0.3 is 0 Å². The second-order valence-corrected chi connectivity index (χ2v) is 12.6. The number of rotatable bonds is 9. The Bertz CT molecular complexity index is 1200. The van der Waals surface area contributed by atoms with Gasteiger partial charge in [0.1, 0.15) is 17.4 Å². The molecule has 8 unspecified atom stereocenters. The quantitative estimate of drug-likeness (QED) is 0.432. The summed E-state index contributed by atoms with van der Waals surface area (Å²) >= 11 is 0. The Balaban J connectivity index is 1.24. The van der Waals surface area contributed by atoms with Gasteiger partial charge in [0.25, 0.3) is 0 Å². The van der Waals surface area contributed by atoms with Crippen LogP contribution in [-0.4, -0.2) is 97.8 Å². The van der Waals surface area contributed by atoms with E-state index in [0.29, 0.717) is 43.0 Å². The third kappa shape index (κ3) is 5.22. The molecule has 10 heteroatoms. The van der Waals surface area contributed by atoms with Gasteiger partial charge in [-0.05, 0) is 48.9 Å². The van der Waals surface area contributed by atoms with E-state index >= 15 is 0 Å². The third-order valence-electron chi connectivity index (χ3n) is 10.3. The molecule has 6 rings (SSSR count). The molecule has 228 valence electrons. The minimum Gasteiger partial charge on any atom is -0.497 e. The number of nitrogens with one attached hydrogen (secondary N) is 2. The number of likely N-dealkylation sites (tertiary alicyclic amines) is 1. The van der Waals surface area contributed by atoms with Crippen LogP contribution in [0.4, 0.5) is 5.69 Å². The van der Waals surface area contributed by atoms with Crippen LogP contribution >= 0.6 is 0 Å². The molecular weight excluding hydrogens is 536 g/mol. The van der Waals surface area contributed by atoms with Crippen LogP contribution in [0.25, 0.3) is 0 Å². The molecule has 10 nitrogen and oxygen atoms in total. The summed E-state index contributed by atoms with van der Waals surface area (Å²) in [6, 6.07) is 6.33. The molecule has 4 fully saturated rings. The molecule has 1 spiro atoms. The Kier molecular flexibility index (Phi) is 8.31. The average Bonchev–Trinajstić information content (AvgIpc) is 3.64. The lowest BCUT2D eigenvalue weighted by atomic mass is 9.73. The number of carbonyl (C=O) groups is 3. The largest absolute Gasteiger partial charge is 0.497 e. The number of methoxy groups -OCH3 is 1. The lowest BCUT2D eigenvalue weighted by Gasteiger charge is -2.38. The summed E-state index contributed by atoms with van der Waals surface area (Å²) in [7, 11) is 1.59. The first-order valence-corrected chi connectivity index (χ1v) is 15.6. The summed E-state index contributed by atoms with van der Waals surface area (Å²) in [5, 5.41) is 6.30. The van der Waals surface area contributed by atoms with E-state index in [1.54, 1.807) is 36.3 Å². The van der Waals surface area contributed by atoms with E-state index in [1.165, 1.54) is 0 Å². The molecule has 42 heavy (non-hydrogen) atoms. The predicted molar refractivity (Wildman–Crippen MR) is 157 cm³/mol. The number of anilines is 1. The zero-order valence-electron chi connectivity index (χ0n) is 24.9. The summed E-state index contributed by atoms with van der Waals surface area (Å²) in [4.78, 5) is 46.1. The fourth-order valence-electron chi connectivity index (χ4n) is 7.74. The molecule has 1 aliphatic carbocycles. The van der Waals surface area contributed by atoms with Crippen LogP contribution in [0.2, 0.25) is 0 Å². The standard InChI is InChI=1S/C32H44N4O6/c1-20-6-4-7-24(21(20)2)34-30(38)28-32-13-12-25(42-32)26(29(37)33-22-8-10-23(40-3)11-9-22)27(32)31(39)36(28)15-5-14-35-16-18-41-19-17-35/h8-13,20-21,24-28H,4-7,14-19H2,1-3H3,(H,33,37)(H,34,38).